The van der Waals surface area contributed by atoms with Crippen LogP contribution in [0.2, 0.25) is 0 Å². The minimum absolute atomic E-state index is 0. The van der Waals surface area contributed by atoms with E-state index in [1.807, 2.05) is 0 Å². The van der Waals surface area contributed by atoms with Gasteiger partial charge in [-0.1, -0.05) is 0 Å². The minimum atomic E-state index is -3.37. The zero-order chi connectivity index (χ0) is 6.73. The first-order valence-electron chi connectivity index (χ1n) is 1.57. The van der Waals surface area contributed by atoms with Crippen LogP contribution in [-0.4, -0.2) is 50.2 Å². The number of rotatable bonds is 2. The van der Waals surface area contributed by atoms with Gasteiger partial charge in [0.25, 0.3) is 11.9 Å². The van der Waals surface area contributed by atoms with E-state index in [1.54, 1.807) is 0 Å². The second kappa shape index (κ2) is 5.67. The zero-order valence-electron chi connectivity index (χ0n) is 3.55. The summed E-state index contributed by atoms with van der Waals surface area (Å²) in [4.78, 5) is 0. The summed E-state index contributed by atoms with van der Waals surface area (Å²) in [5, 5.41) is 0. The fourth-order valence-corrected chi connectivity index (χ4v) is 0.264. The van der Waals surface area contributed by atoms with E-state index >= 15 is 0 Å². The van der Waals surface area contributed by atoms with E-state index in [4.69, 9.17) is 4.55 Å². The molecule has 1 N–H and O–H groups in total. The summed E-state index contributed by atoms with van der Waals surface area (Å²) in [7, 11) is 0. The van der Waals surface area contributed by atoms with Crippen LogP contribution in [0.25, 0.3) is 0 Å². The van der Waals surface area contributed by atoms with E-state index in [0.717, 1.165) is 0 Å². The first-order chi connectivity index (χ1) is 3.55. The summed E-state index contributed by atoms with van der Waals surface area (Å²) >= 11 is -3.06. The first kappa shape index (κ1) is 12.6. The topological polar surface area (TPSA) is 37.3 Å². The molecule has 0 amide bonds. The van der Waals surface area contributed by atoms with Crippen LogP contribution in [0.4, 0.5) is 13.2 Å². The van der Waals surface area contributed by atoms with Crippen molar-refractivity contribution in [2.45, 2.75) is 11.9 Å². The average Bonchev–Trinajstić information content (AvgIpc) is 1.64. The Kier molecular flexibility index (Phi) is 7.91. The van der Waals surface area contributed by atoms with Crippen molar-refractivity contribution in [1.82, 2.24) is 0 Å². The van der Waals surface area contributed by atoms with Crippen molar-refractivity contribution in [1.29, 1.82) is 0 Å². The SMILES string of the molecule is O=S(O)C(F)C(F)F.[NaH]. The molecule has 52 valence electrons. The van der Waals surface area contributed by atoms with Crippen molar-refractivity contribution in [2.24, 2.45) is 0 Å². The van der Waals surface area contributed by atoms with Gasteiger partial charge in [-0.2, -0.15) is 0 Å². The van der Waals surface area contributed by atoms with Gasteiger partial charge in [-0.15, -0.1) is 0 Å². The van der Waals surface area contributed by atoms with Gasteiger partial charge in [-0.25, -0.2) is 17.4 Å². The van der Waals surface area contributed by atoms with Gasteiger partial charge in [0.05, 0.1) is 0 Å². The Morgan fingerprint density at radius 1 is 1.33 bits per heavy atom. The Balaban J connectivity index is 0. The summed E-state index contributed by atoms with van der Waals surface area (Å²) in [5.41, 5.74) is -2.94. The molecular weight excluding hydrogens is 168 g/mol. The van der Waals surface area contributed by atoms with Crippen molar-refractivity contribution < 1.29 is 21.9 Å². The third kappa shape index (κ3) is 5.35. The van der Waals surface area contributed by atoms with E-state index in [0.29, 0.717) is 0 Å². The summed E-state index contributed by atoms with van der Waals surface area (Å²) in [6, 6.07) is 0. The molecule has 0 bridgehead atoms. The Labute approximate surface area is 74.4 Å². The first-order valence-corrected chi connectivity index (χ1v) is 2.74. The van der Waals surface area contributed by atoms with Crippen LogP contribution in [0.5, 0.6) is 0 Å². The van der Waals surface area contributed by atoms with E-state index in [-0.39, 0.29) is 29.6 Å². The molecule has 2 unspecified atom stereocenters. The van der Waals surface area contributed by atoms with Gasteiger partial charge in [0, 0.05) is 0 Å². The fourth-order valence-electron chi connectivity index (χ4n) is 0.0880. The van der Waals surface area contributed by atoms with Crippen LogP contribution in [0.1, 0.15) is 0 Å². The third-order valence-corrected chi connectivity index (χ3v) is 0.982. The molecule has 0 aliphatic heterocycles. The molecule has 0 aliphatic rings. The second-order valence-corrected chi connectivity index (χ2v) is 1.96. The Bertz CT molecular complexity index is 99.8. The zero-order valence-corrected chi connectivity index (χ0v) is 4.37. The van der Waals surface area contributed by atoms with Gasteiger partial charge in [0.2, 0.25) is 0 Å². The summed E-state index contributed by atoms with van der Waals surface area (Å²) in [5.74, 6) is 0. The number of halogens is 3. The summed E-state index contributed by atoms with van der Waals surface area (Å²) in [6.07, 6.45) is -3.37. The molecule has 0 heterocycles. The molecule has 0 aromatic carbocycles. The summed E-state index contributed by atoms with van der Waals surface area (Å²) in [6.45, 7) is 0. The van der Waals surface area contributed by atoms with Crippen LogP contribution >= 0.6 is 0 Å². The Morgan fingerprint density at radius 3 is 1.67 bits per heavy atom. The van der Waals surface area contributed by atoms with Crippen LogP contribution in [0, 0.1) is 0 Å². The Hall–Kier alpha value is 0.900. The van der Waals surface area contributed by atoms with Crippen LogP contribution < -0.4 is 0 Å². The monoisotopic (exact) mass is 172 g/mol. The molecular formula is C2H4F3NaO2S. The molecule has 0 fully saturated rings. The van der Waals surface area contributed by atoms with Crippen molar-refractivity contribution in [2.75, 3.05) is 0 Å². The van der Waals surface area contributed by atoms with Gasteiger partial charge in [-0.05, 0) is 0 Å². The van der Waals surface area contributed by atoms with Gasteiger partial charge in [0.15, 0.2) is 11.1 Å². The molecule has 0 aliphatic carbocycles. The Morgan fingerprint density at radius 2 is 1.67 bits per heavy atom. The van der Waals surface area contributed by atoms with Crippen molar-refractivity contribution >= 4 is 40.6 Å². The molecule has 0 spiro atoms. The normalized spacial score (nSPS) is 16.6. The van der Waals surface area contributed by atoms with Gasteiger partial charge >= 0.3 is 29.6 Å². The number of alkyl halides is 3. The van der Waals surface area contributed by atoms with Crippen LogP contribution in [0.15, 0.2) is 0 Å². The molecule has 0 saturated carbocycles. The summed E-state index contributed by atoms with van der Waals surface area (Å²) < 4.78 is 50.3. The molecule has 2 atom stereocenters. The predicted molar refractivity (Wildman–Crippen MR) is 28.8 cm³/mol. The van der Waals surface area contributed by atoms with E-state index in [9.17, 15) is 17.4 Å². The average molecular weight is 172 g/mol. The van der Waals surface area contributed by atoms with Gasteiger partial charge in [-0.3, -0.25) is 0 Å². The van der Waals surface area contributed by atoms with Crippen LogP contribution in [0.3, 0.4) is 0 Å². The maximum absolute atomic E-state index is 11.3. The molecule has 9 heavy (non-hydrogen) atoms. The fraction of sp³-hybridized carbons (Fsp3) is 1.00. The molecule has 2 nitrogen and oxygen atoms in total. The van der Waals surface area contributed by atoms with Gasteiger partial charge in [0.1, 0.15) is 0 Å². The van der Waals surface area contributed by atoms with E-state index < -0.39 is 23.0 Å². The van der Waals surface area contributed by atoms with Crippen molar-refractivity contribution in [3.63, 3.8) is 0 Å². The van der Waals surface area contributed by atoms with E-state index in [2.05, 4.69) is 0 Å². The second-order valence-electron chi connectivity index (χ2n) is 0.962. The maximum atomic E-state index is 11.3. The molecule has 0 aromatic heterocycles. The number of hydrogen-bond acceptors (Lipinski definition) is 1. The van der Waals surface area contributed by atoms with E-state index in [1.165, 1.54) is 0 Å². The molecule has 0 radical (unpaired) electrons. The molecule has 0 rings (SSSR count). The molecule has 7 heteroatoms. The van der Waals surface area contributed by atoms with Crippen molar-refractivity contribution in [3.8, 4) is 0 Å². The van der Waals surface area contributed by atoms with Crippen LogP contribution in [-0.2, 0) is 11.1 Å². The quantitative estimate of drug-likeness (QED) is 0.474. The standard InChI is InChI=1S/C2H3F3O2S.Na.H/c3-1(4)2(5)8(6)7;;/h1-2H,(H,6,7);;. The molecule has 0 aromatic rings. The van der Waals surface area contributed by atoms with Gasteiger partial charge < -0.3 is 4.55 Å². The molecule has 0 saturated heterocycles. The third-order valence-electron chi connectivity index (χ3n) is 0.391. The predicted octanol–water partition coefficient (Wildman–Crippen LogP) is 0.120. The number of hydrogen-bond donors (Lipinski definition) is 1. The van der Waals surface area contributed by atoms with Crippen molar-refractivity contribution in [3.05, 3.63) is 0 Å².